The average molecular weight is 380 g/mol. The number of nitrogens with one attached hydrogen (secondary N) is 1. The van der Waals surface area contributed by atoms with E-state index < -0.39 is 22.9 Å². The molecular formula is C16H16N2O5S2. The Labute approximate surface area is 152 Å². The van der Waals surface area contributed by atoms with Crippen molar-refractivity contribution < 1.29 is 19.2 Å². The minimum Gasteiger partial charge on any atom is -0.449 e. The first-order chi connectivity index (χ1) is 11.9. The van der Waals surface area contributed by atoms with E-state index >= 15 is 0 Å². The molecule has 0 saturated carbocycles. The summed E-state index contributed by atoms with van der Waals surface area (Å²) in [4.78, 5) is 36.1. The minimum absolute atomic E-state index is 0.0300. The second-order valence-electron chi connectivity index (χ2n) is 4.99. The first-order valence-electron chi connectivity index (χ1n) is 7.26. The molecule has 0 unspecified atom stereocenters. The van der Waals surface area contributed by atoms with E-state index in [4.69, 9.17) is 4.74 Å². The zero-order valence-electron chi connectivity index (χ0n) is 13.6. The summed E-state index contributed by atoms with van der Waals surface area (Å²) in [5.74, 6) is -1.22. The van der Waals surface area contributed by atoms with Crippen LogP contribution < -0.4 is 5.32 Å². The van der Waals surface area contributed by atoms with Gasteiger partial charge in [0.15, 0.2) is 6.10 Å². The standard InChI is InChI=1S/C16H16N2O5S2/c1-10(15(19)17-9-12-4-3-7-25-12)23-16(20)11-5-6-14(24-2)13(8-11)18(21)22/h3-8,10H,9H2,1-2H3,(H,17,19)/t10-/m1/s1. The molecule has 0 aliphatic heterocycles. The Morgan fingerprint density at radius 3 is 2.76 bits per heavy atom. The predicted octanol–water partition coefficient (Wildman–Crippen LogP) is 3.24. The molecule has 1 N–H and O–H groups in total. The van der Waals surface area contributed by atoms with Gasteiger partial charge in [-0.1, -0.05) is 6.07 Å². The van der Waals surface area contributed by atoms with Crippen molar-refractivity contribution in [2.45, 2.75) is 24.5 Å². The van der Waals surface area contributed by atoms with Crippen LogP contribution in [0.3, 0.4) is 0 Å². The van der Waals surface area contributed by atoms with Gasteiger partial charge in [-0.05, 0) is 36.8 Å². The summed E-state index contributed by atoms with van der Waals surface area (Å²) in [7, 11) is 0. The normalized spacial score (nSPS) is 11.6. The lowest BCUT2D eigenvalue weighted by Crippen LogP contribution is -2.35. The highest BCUT2D eigenvalue weighted by molar-refractivity contribution is 7.98. The third-order valence-corrected chi connectivity index (χ3v) is 4.94. The topological polar surface area (TPSA) is 98.5 Å². The molecule has 0 radical (unpaired) electrons. The van der Waals surface area contributed by atoms with Crippen molar-refractivity contribution in [2.24, 2.45) is 0 Å². The Hall–Kier alpha value is -2.39. The van der Waals surface area contributed by atoms with Crippen molar-refractivity contribution in [3.05, 3.63) is 56.3 Å². The molecule has 1 aromatic carbocycles. The van der Waals surface area contributed by atoms with Gasteiger partial charge in [-0.3, -0.25) is 14.9 Å². The number of nitro benzene ring substituents is 1. The molecule has 0 aliphatic carbocycles. The molecule has 1 amide bonds. The predicted molar refractivity (Wildman–Crippen MR) is 95.9 cm³/mol. The number of hydrogen-bond acceptors (Lipinski definition) is 7. The SMILES string of the molecule is CSc1ccc(C(=O)O[C@H](C)C(=O)NCc2cccs2)cc1[N+](=O)[O-]. The zero-order valence-corrected chi connectivity index (χ0v) is 15.2. The number of nitro groups is 1. The maximum absolute atomic E-state index is 12.1. The number of esters is 1. The smallest absolute Gasteiger partial charge is 0.339 e. The summed E-state index contributed by atoms with van der Waals surface area (Å²) >= 11 is 2.72. The number of thiophene rings is 1. The van der Waals surface area contributed by atoms with Crippen LogP contribution in [0.5, 0.6) is 0 Å². The van der Waals surface area contributed by atoms with Crippen LogP contribution in [0.4, 0.5) is 5.69 Å². The van der Waals surface area contributed by atoms with Crippen molar-refractivity contribution in [2.75, 3.05) is 6.26 Å². The number of benzene rings is 1. The average Bonchev–Trinajstić information content (AvgIpc) is 3.12. The lowest BCUT2D eigenvalue weighted by atomic mass is 10.2. The lowest BCUT2D eigenvalue weighted by molar-refractivity contribution is -0.387. The highest BCUT2D eigenvalue weighted by Gasteiger charge is 2.22. The van der Waals surface area contributed by atoms with Gasteiger partial charge >= 0.3 is 5.97 Å². The molecule has 132 valence electrons. The second-order valence-corrected chi connectivity index (χ2v) is 6.87. The summed E-state index contributed by atoms with van der Waals surface area (Å²) in [5.41, 5.74) is -0.140. The maximum Gasteiger partial charge on any atom is 0.339 e. The maximum atomic E-state index is 12.1. The van der Waals surface area contributed by atoms with Crippen LogP contribution in [-0.4, -0.2) is 29.2 Å². The van der Waals surface area contributed by atoms with Crippen LogP contribution in [0.2, 0.25) is 0 Å². The Morgan fingerprint density at radius 1 is 1.40 bits per heavy atom. The fourth-order valence-corrected chi connectivity index (χ4v) is 3.16. The minimum atomic E-state index is -1.01. The molecule has 1 atom stereocenters. The Morgan fingerprint density at radius 2 is 2.16 bits per heavy atom. The van der Waals surface area contributed by atoms with E-state index in [1.54, 1.807) is 6.26 Å². The van der Waals surface area contributed by atoms with E-state index in [1.807, 2.05) is 17.5 Å². The fourth-order valence-electron chi connectivity index (χ4n) is 1.97. The van der Waals surface area contributed by atoms with Crippen LogP contribution in [0.15, 0.2) is 40.6 Å². The molecule has 7 nitrogen and oxygen atoms in total. The van der Waals surface area contributed by atoms with E-state index in [0.717, 1.165) is 10.9 Å². The molecule has 0 bridgehead atoms. The number of carbonyl (C=O) groups excluding carboxylic acids is 2. The van der Waals surface area contributed by atoms with Gasteiger partial charge in [-0.25, -0.2) is 4.79 Å². The molecule has 25 heavy (non-hydrogen) atoms. The molecule has 0 fully saturated rings. The number of amides is 1. The quantitative estimate of drug-likeness (QED) is 0.343. The largest absolute Gasteiger partial charge is 0.449 e. The van der Waals surface area contributed by atoms with Crippen LogP contribution in [-0.2, 0) is 16.1 Å². The summed E-state index contributed by atoms with van der Waals surface area (Å²) in [5, 5.41) is 15.6. The summed E-state index contributed by atoms with van der Waals surface area (Å²) in [6.45, 7) is 1.80. The van der Waals surface area contributed by atoms with Crippen molar-refractivity contribution in [1.29, 1.82) is 0 Å². The van der Waals surface area contributed by atoms with Gasteiger partial charge < -0.3 is 10.1 Å². The van der Waals surface area contributed by atoms with Crippen LogP contribution >= 0.6 is 23.1 Å². The van der Waals surface area contributed by atoms with Gasteiger partial charge in [0.05, 0.1) is 21.9 Å². The van der Waals surface area contributed by atoms with Crippen LogP contribution in [0.1, 0.15) is 22.2 Å². The van der Waals surface area contributed by atoms with Gasteiger partial charge in [0, 0.05) is 10.9 Å². The molecule has 0 saturated heterocycles. The highest BCUT2D eigenvalue weighted by Crippen LogP contribution is 2.28. The van der Waals surface area contributed by atoms with Crippen molar-refractivity contribution in [3.63, 3.8) is 0 Å². The molecular weight excluding hydrogens is 364 g/mol. The number of rotatable bonds is 7. The summed E-state index contributed by atoms with van der Waals surface area (Å²) < 4.78 is 5.10. The first kappa shape index (κ1) is 18.9. The van der Waals surface area contributed by atoms with Crippen molar-refractivity contribution in [3.8, 4) is 0 Å². The summed E-state index contributed by atoms with van der Waals surface area (Å²) in [6.07, 6.45) is 0.701. The number of ether oxygens (including phenoxy) is 1. The molecule has 1 aromatic heterocycles. The fraction of sp³-hybridized carbons (Fsp3) is 0.250. The second kappa shape index (κ2) is 8.63. The molecule has 0 aliphatic rings. The molecule has 2 rings (SSSR count). The number of thioether (sulfide) groups is 1. The molecule has 2 aromatic rings. The van der Waals surface area contributed by atoms with Gasteiger partial charge in [-0.2, -0.15) is 0 Å². The van der Waals surface area contributed by atoms with Gasteiger partial charge in [0.25, 0.3) is 11.6 Å². The lowest BCUT2D eigenvalue weighted by Gasteiger charge is -2.13. The first-order valence-corrected chi connectivity index (χ1v) is 9.36. The van der Waals surface area contributed by atoms with E-state index in [2.05, 4.69) is 5.32 Å². The monoisotopic (exact) mass is 380 g/mol. The molecule has 9 heteroatoms. The summed E-state index contributed by atoms with van der Waals surface area (Å²) in [6, 6.07) is 7.84. The number of carbonyl (C=O) groups is 2. The van der Waals surface area contributed by atoms with E-state index in [9.17, 15) is 19.7 Å². The Bertz CT molecular complexity index is 777. The zero-order chi connectivity index (χ0) is 18.4. The van der Waals surface area contributed by atoms with Gasteiger partial charge in [-0.15, -0.1) is 23.1 Å². The van der Waals surface area contributed by atoms with Crippen LogP contribution in [0, 0.1) is 10.1 Å². The van der Waals surface area contributed by atoms with E-state index in [-0.39, 0.29) is 11.3 Å². The Balaban J connectivity index is 1.99. The third kappa shape index (κ3) is 5.04. The van der Waals surface area contributed by atoms with Crippen molar-refractivity contribution in [1.82, 2.24) is 5.32 Å². The Kier molecular flexibility index (Phi) is 6.54. The van der Waals surface area contributed by atoms with E-state index in [0.29, 0.717) is 11.4 Å². The number of hydrogen-bond donors (Lipinski definition) is 1. The van der Waals surface area contributed by atoms with Gasteiger partial charge in [0.2, 0.25) is 0 Å². The third-order valence-electron chi connectivity index (χ3n) is 3.28. The van der Waals surface area contributed by atoms with Crippen LogP contribution in [0.25, 0.3) is 0 Å². The molecule has 0 spiro atoms. The van der Waals surface area contributed by atoms with Gasteiger partial charge in [0.1, 0.15) is 0 Å². The molecule has 1 heterocycles. The number of nitrogens with zero attached hydrogens (tertiary/aromatic N) is 1. The highest BCUT2D eigenvalue weighted by atomic mass is 32.2. The van der Waals surface area contributed by atoms with Crippen molar-refractivity contribution >= 4 is 40.7 Å². The van der Waals surface area contributed by atoms with E-state index in [1.165, 1.54) is 42.2 Å².